The fourth-order valence-electron chi connectivity index (χ4n) is 7.42. The first kappa shape index (κ1) is 23.8. The summed E-state index contributed by atoms with van der Waals surface area (Å²) in [6.07, 6.45) is 4.86. The van der Waals surface area contributed by atoms with Gasteiger partial charge in [-0.3, -0.25) is 19.2 Å². The number of aliphatic hydroxyl groups excluding tert-OH is 1. The van der Waals surface area contributed by atoms with Gasteiger partial charge in [-0.1, -0.05) is 25.5 Å². The molecule has 0 aromatic rings. The number of hydrogen-bond acceptors (Lipinski definition) is 8. The Hall–Kier alpha value is -2.32. The molecule has 2 N–H and O–H groups in total. The van der Waals surface area contributed by atoms with Gasteiger partial charge in [-0.2, -0.15) is 0 Å². The van der Waals surface area contributed by atoms with E-state index in [0.29, 0.717) is 12.8 Å². The normalized spacial score (nSPS) is 43.6. The minimum Gasteiger partial charge on any atom is -0.459 e. The SMILES string of the molecule is CC(=O)OCC(=O)[C@]1(O)[C@@H](OC(C)=O)C[C@@H]2[C@H]3CCC4=CC(=O)C=C[C@]4(C)[C@@H]3[C@@H](O)C[C@@]21C. The van der Waals surface area contributed by atoms with E-state index in [0.717, 1.165) is 5.57 Å². The van der Waals surface area contributed by atoms with Crippen LogP contribution in [0.25, 0.3) is 0 Å². The topological polar surface area (TPSA) is 127 Å². The molecule has 0 amide bonds. The van der Waals surface area contributed by atoms with Crippen LogP contribution in [0.1, 0.15) is 53.4 Å². The number of carbonyl (C=O) groups excluding carboxylic acids is 4. The summed E-state index contributed by atoms with van der Waals surface area (Å²) in [5, 5.41) is 23.3. The van der Waals surface area contributed by atoms with Gasteiger partial charge in [0, 0.05) is 30.6 Å². The van der Waals surface area contributed by atoms with Gasteiger partial charge < -0.3 is 19.7 Å². The lowest BCUT2D eigenvalue weighted by Gasteiger charge is -2.59. The van der Waals surface area contributed by atoms with Crippen molar-refractivity contribution < 1.29 is 38.9 Å². The maximum Gasteiger partial charge on any atom is 0.303 e. The lowest BCUT2D eigenvalue weighted by molar-refractivity contribution is -0.198. The molecule has 0 bridgehead atoms. The maximum atomic E-state index is 13.3. The summed E-state index contributed by atoms with van der Waals surface area (Å²) in [6, 6.07) is 0. The summed E-state index contributed by atoms with van der Waals surface area (Å²) in [6.45, 7) is 5.56. The van der Waals surface area contributed by atoms with Crippen LogP contribution in [0.5, 0.6) is 0 Å². The van der Waals surface area contributed by atoms with Crippen LogP contribution in [0.2, 0.25) is 0 Å². The number of rotatable bonds is 4. The predicted octanol–water partition coefficient (Wildman–Crippen LogP) is 1.67. The highest BCUT2D eigenvalue weighted by Crippen LogP contribution is 2.67. The molecule has 0 unspecified atom stereocenters. The van der Waals surface area contributed by atoms with Crippen molar-refractivity contribution in [2.45, 2.75) is 71.2 Å². The summed E-state index contributed by atoms with van der Waals surface area (Å²) in [7, 11) is 0. The van der Waals surface area contributed by atoms with Crippen molar-refractivity contribution in [3.63, 3.8) is 0 Å². The minimum atomic E-state index is -2.10. The van der Waals surface area contributed by atoms with Crippen molar-refractivity contribution >= 4 is 23.5 Å². The first-order valence-electron chi connectivity index (χ1n) is 11.5. The first-order valence-corrected chi connectivity index (χ1v) is 11.5. The second kappa shape index (κ2) is 7.87. The van der Waals surface area contributed by atoms with Gasteiger partial charge in [0.05, 0.1) is 6.10 Å². The molecule has 0 heterocycles. The van der Waals surface area contributed by atoms with E-state index in [1.54, 1.807) is 19.1 Å². The van der Waals surface area contributed by atoms with Crippen LogP contribution in [-0.2, 0) is 28.7 Å². The molecule has 0 aromatic heterocycles. The Balaban J connectivity index is 1.75. The Labute approximate surface area is 193 Å². The van der Waals surface area contributed by atoms with Gasteiger partial charge in [0.1, 0.15) is 6.10 Å². The third-order valence-corrected chi connectivity index (χ3v) is 8.83. The third-order valence-electron chi connectivity index (χ3n) is 8.83. The molecule has 0 aliphatic heterocycles. The molecule has 8 nitrogen and oxygen atoms in total. The summed E-state index contributed by atoms with van der Waals surface area (Å²) >= 11 is 0. The van der Waals surface area contributed by atoms with Crippen molar-refractivity contribution in [3.05, 3.63) is 23.8 Å². The number of hydrogen-bond donors (Lipinski definition) is 2. The number of fused-ring (bicyclic) bond motifs is 5. The number of carbonyl (C=O) groups is 4. The lowest BCUT2D eigenvalue weighted by Crippen LogP contribution is -2.64. The molecular formula is C25H32O8. The molecule has 3 fully saturated rings. The number of Topliss-reactive ketones (excluding diaryl/α,β-unsaturated/α-hetero) is 1. The van der Waals surface area contributed by atoms with Crippen LogP contribution >= 0.6 is 0 Å². The number of ketones is 2. The van der Waals surface area contributed by atoms with Crippen LogP contribution in [-0.4, -0.2) is 58.1 Å². The largest absolute Gasteiger partial charge is 0.459 e. The fraction of sp³-hybridized carbons (Fsp3) is 0.680. The Kier molecular flexibility index (Phi) is 5.69. The average Bonchev–Trinajstić information content (AvgIpc) is 2.94. The second-order valence-electron chi connectivity index (χ2n) is 10.5. The van der Waals surface area contributed by atoms with Crippen molar-refractivity contribution in [1.29, 1.82) is 0 Å². The zero-order chi connectivity index (χ0) is 24.3. The molecule has 8 heteroatoms. The first-order chi connectivity index (χ1) is 15.3. The van der Waals surface area contributed by atoms with Crippen molar-refractivity contribution in [3.8, 4) is 0 Å². The van der Waals surface area contributed by atoms with E-state index in [9.17, 15) is 29.4 Å². The molecular weight excluding hydrogens is 428 g/mol. The quantitative estimate of drug-likeness (QED) is 0.607. The molecule has 33 heavy (non-hydrogen) atoms. The summed E-state index contributed by atoms with van der Waals surface area (Å²) in [5.74, 6) is -2.55. The summed E-state index contributed by atoms with van der Waals surface area (Å²) in [4.78, 5) is 48.4. The van der Waals surface area contributed by atoms with E-state index < -0.39 is 53.0 Å². The van der Waals surface area contributed by atoms with Gasteiger partial charge in [0.2, 0.25) is 5.78 Å². The van der Waals surface area contributed by atoms with Gasteiger partial charge in [0.25, 0.3) is 0 Å². The molecule has 0 spiro atoms. The fourth-order valence-corrected chi connectivity index (χ4v) is 7.42. The van der Waals surface area contributed by atoms with Gasteiger partial charge in [0.15, 0.2) is 18.0 Å². The van der Waals surface area contributed by atoms with Gasteiger partial charge in [-0.15, -0.1) is 0 Å². The molecule has 4 aliphatic rings. The summed E-state index contributed by atoms with van der Waals surface area (Å²) in [5.41, 5.74) is -2.69. The smallest absolute Gasteiger partial charge is 0.303 e. The molecule has 4 rings (SSSR count). The van der Waals surface area contributed by atoms with E-state index in [1.165, 1.54) is 13.8 Å². The molecule has 0 aromatic carbocycles. The van der Waals surface area contributed by atoms with Crippen molar-refractivity contribution in [1.82, 2.24) is 0 Å². The van der Waals surface area contributed by atoms with Crippen LogP contribution in [0, 0.1) is 28.6 Å². The monoisotopic (exact) mass is 460 g/mol. The maximum absolute atomic E-state index is 13.3. The highest BCUT2D eigenvalue weighted by molar-refractivity contribution is 6.01. The molecule has 4 aliphatic carbocycles. The zero-order valence-corrected chi connectivity index (χ0v) is 19.5. The Morgan fingerprint density at radius 2 is 1.88 bits per heavy atom. The van der Waals surface area contributed by atoms with E-state index >= 15 is 0 Å². The van der Waals surface area contributed by atoms with Gasteiger partial charge in [-0.25, -0.2) is 0 Å². The zero-order valence-electron chi connectivity index (χ0n) is 19.5. The van der Waals surface area contributed by atoms with E-state index in [2.05, 4.69) is 0 Å². The van der Waals surface area contributed by atoms with Crippen LogP contribution < -0.4 is 0 Å². The Morgan fingerprint density at radius 3 is 2.52 bits per heavy atom. The highest BCUT2D eigenvalue weighted by atomic mass is 16.6. The molecule has 8 atom stereocenters. The van der Waals surface area contributed by atoms with Gasteiger partial charge in [-0.05, 0) is 49.7 Å². The van der Waals surface area contributed by atoms with Crippen molar-refractivity contribution in [2.75, 3.05) is 6.61 Å². The molecule has 0 radical (unpaired) electrons. The standard InChI is InChI=1S/C25H32O8/c1-13(26)32-12-20(30)25(31)21(33-14(2)27)10-18-17-6-5-15-9-16(28)7-8-23(15,3)22(17)19(29)11-24(18,25)4/h7-9,17-19,21-22,29,31H,5-6,10-12H2,1-4H3/t17-,18-,19+,21+,22+,23+,24+,25+/m1/s1. The molecule has 0 saturated heterocycles. The average molecular weight is 461 g/mol. The third kappa shape index (κ3) is 3.41. The van der Waals surface area contributed by atoms with E-state index in [1.807, 2.05) is 13.0 Å². The van der Waals surface area contributed by atoms with Crippen molar-refractivity contribution in [2.24, 2.45) is 28.6 Å². The molecule has 3 saturated carbocycles. The van der Waals surface area contributed by atoms with Crippen LogP contribution in [0.15, 0.2) is 23.8 Å². The van der Waals surface area contributed by atoms with Crippen LogP contribution in [0.3, 0.4) is 0 Å². The number of allylic oxidation sites excluding steroid dienone is 4. The van der Waals surface area contributed by atoms with E-state index in [4.69, 9.17) is 9.47 Å². The number of ether oxygens (including phenoxy) is 2. The predicted molar refractivity (Wildman–Crippen MR) is 116 cm³/mol. The summed E-state index contributed by atoms with van der Waals surface area (Å²) < 4.78 is 10.4. The second-order valence-corrected chi connectivity index (χ2v) is 10.5. The highest BCUT2D eigenvalue weighted by Gasteiger charge is 2.72. The molecule has 180 valence electrons. The van der Waals surface area contributed by atoms with E-state index in [-0.39, 0.29) is 36.4 Å². The number of esters is 2. The van der Waals surface area contributed by atoms with Gasteiger partial charge >= 0.3 is 11.9 Å². The Bertz CT molecular complexity index is 965. The minimum absolute atomic E-state index is 0.0581. The lowest BCUT2D eigenvalue weighted by atomic mass is 9.46. The Morgan fingerprint density at radius 1 is 1.18 bits per heavy atom. The van der Waals surface area contributed by atoms with Crippen LogP contribution in [0.4, 0.5) is 0 Å². The number of aliphatic hydroxyl groups is 2.